The van der Waals surface area contributed by atoms with Crippen LogP contribution in [-0.4, -0.2) is 71.9 Å². The number of carbonyl (C=O) groups is 2. The van der Waals surface area contributed by atoms with Crippen molar-refractivity contribution in [3.05, 3.63) is 29.4 Å². The normalized spacial score (nSPS) is 31.1. The zero-order valence-corrected chi connectivity index (χ0v) is 18.3. The number of imide groups is 1. The van der Waals surface area contributed by atoms with Gasteiger partial charge in [-0.15, -0.1) is 0 Å². The van der Waals surface area contributed by atoms with E-state index in [4.69, 9.17) is 14.0 Å². The monoisotopic (exact) mass is 461 g/mol. The molecule has 2 fully saturated rings. The molecule has 1 aromatic heterocycles. The molecule has 0 saturated carbocycles. The first kappa shape index (κ1) is 21.7. The Bertz CT molecular complexity index is 1120. The molecule has 12 heteroatoms. The summed E-state index contributed by atoms with van der Waals surface area (Å²) in [5, 5.41) is 19.5. The van der Waals surface area contributed by atoms with Gasteiger partial charge in [-0.1, -0.05) is 5.16 Å². The first-order chi connectivity index (χ1) is 15.7. The van der Waals surface area contributed by atoms with Crippen molar-refractivity contribution in [3.8, 4) is 11.4 Å². The van der Waals surface area contributed by atoms with Crippen LogP contribution in [-0.2, 0) is 20.7 Å². The number of carbonyl (C=O) groups excluding carboxylic acids is 2. The van der Waals surface area contributed by atoms with Gasteiger partial charge in [0.1, 0.15) is 17.5 Å². The van der Waals surface area contributed by atoms with Crippen molar-refractivity contribution < 1.29 is 33.1 Å². The molecule has 5 rings (SSSR count). The predicted octanol–water partition coefficient (Wildman–Crippen LogP) is 0.493. The largest absolute Gasteiger partial charge is 0.382 e. The van der Waals surface area contributed by atoms with Crippen molar-refractivity contribution in [2.75, 3.05) is 25.2 Å². The van der Waals surface area contributed by atoms with Crippen LogP contribution in [0.15, 0.2) is 16.7 Å². The van der Waals surface area contributed by atoms with Gasteiger partial charge in [-0.3, -0.25) is 10.1 Å². The lowest BCUT2D eigenvalue weighted by Gasteiger charge is -2.57. The van der Waals surface area contributed by atoms with Crippen LogP contribution in [0, 0.1) is 18.2 Å². The third kappa shape index (κ3) is 3.28. The van der Waals surface area contributed by atoms with E-state index in [-0.39, 0.29) is 31.5 Å². The van der Waals surface area contributed by atoms with Crippen molar-refractivity contribution in [3.63, 3.8) is 0 Å². The lowest BCUT2D eigenvalue weighted by atomic mass is 9.66. The molecule has 3 aliphatic rings. The summed E-state index contributed by atoms with van der Waals surface area (Å²) in [6.45, 7) is 3.88. The molecule has 176 valence electrons. The summed E-state index contributed by atoms with van der Waals surface area (Å²) in [5.74, 6) is -0.639. The van der Waals surface area contributed by atoms with Gasteiger partial charge in [-0.2, -0.15) is 4.98 Å². The van der Waals surface area contributed by atoms with Crippen LogP contribution in [0.3, 0.4) is 0 Å². The molecular weight excluding hydrogens is 437 g/mol. The van der Waals surface area contributed by atoms with E-state index in [2.05, 4.69) is 20.8 Å². The second kappa shape index (κ2) is 7.75. The molecule has 3 aliphatic heterocycles. The van der Waals surface area contributed by atoms with Gasteiger partial charge in [-0.25, -0.2) is 9.18 Å². The molecule has 1 aromatic carbocycles. The van der Waals surface area contributed by atoms with Crippen molar-refractivity contribution in [2.24, 2.45) is 5.41 Å². The first-order valence-corrected chi connectivity index (χ1v) is 10.6. The van der Waals surface area contributed by atoms with Crippen molar-refractivity contribution in [2.45, 2.75) is 44.7 Å². The van der Waals surface area contributed by atoms with Crippen LogP contribution in [0.4, 0.5) is 14.9 Å². The second-order valence-corrected chi connectivity index (χ2v) is 8.67. The number of nitrogens with zero attached hydrogens (tertiary/aromatic N) is 3. The van der Waals surface area contributed by atoms with E-state index >= 15 is 4.39 Å². The molecule has 0 radical (unpaired) electrons. The van der Waals surface area contributed by atoms with Gasteiger partial charge in [0.2, 0.25) is 17.6 Å². The summed E-state index contributed by atoms with van der Waals surface area (Å²) < 4.78 is 32.0. The van der Waals surface area contributed by atoms with Gasteiger partial charge in [-0.05, 0) is 31.0 Å². The fourth-order valence-corrected chi connectivity index (χ4v) is 5.40. The number of methoxy groups -OCH3 is 1. The fraction of sp³-hybridized carbons (Fsp3) is 0.524. The van der Waals surface area contributed by atoms with Gasteiger partial charge in [0.15, 0.2) is 0 Å². The zero-order valence-electron chi connectivity index (χ0n) is 18.3. The fourth-order valence-electron chi connectivity index (χ4n) is 5.40. The van der Waals surface area contributed by atoms with Crippen molar-refractivity contribution >= 4 is 17.6 Å². The van der Waals surface area contributed by atoms with Gasteiger partial charge in [0, 0.05) is 26.1 Å². The lowest BCUT2D eigenvalue weighted by molar-refractivity contribution is -0.158. The maximum absolute atomic E-state index is 15.6. The van der Waals surface area contributed by atoms with Gasteiger partial charge in [0.25, 0.3) is 0 Å². The molecule has 4 heterocycles. The number of urea groups is 1. The van der Waals surface area contributed by atoms with Crippen LogP contribution >= 0.6 is 0 Å². The van der Waals surface area contributed by atoms with Crippen LogP contribution in [0.25, 0.3) is 11.4 Å². The number of aliphatic hydroxyl groups excluding tert-OH is 1. The number of ether oxygens (including phenoxy) is 2. The Morgan fingerprint density at radius 1 is 1.39 bits per heavy atom. The van der Waals surface area contributed by atoms with E-state index in [9.17, 15) is 14.7 Å². The Morgan fingerprint density at radius 3 is 2.85 bits per heavy atom. The number of amides is 3. The number of nitrogens with one attached hydrogen (secondary N) is 2. The Labute approximate surface area is 188 Å². The number of hydrogen-bond acceptors (Lipinski definition) is 9. The van der Waals surface area contributed by atoms with Crippen molar-refractivity contribution in [1.82, 2.24) is 20.8 Å². The number of rotatable bonds is 3. The SMILES string of the molecule is COC[C@@H]1CN2c3c(F)cc(-c4noc(C)n4)cc3C[C@@]3(C(=O)NC(=O)N[C@@H]3O)[C@H]2[C@H](C)O1. The van der Waals surface area contributed by atoms with Crippen LogP contribution in [0.2, 0.25) is 0 Å². The van der Waals surface area contributed by atoms with Gasteiger partial charge in [0.05, 0.1) is 30.5 Å². The van der Waals surface area contributed by atoms with Gasteiger partial charge < -0.3 is 29.3 Å². The number of aromatic nitrogens is 2. The molecule has 0 bridgehead atoms. The van der Waals surface area contributed by atoms with Crippen molar-refractivity contribution in [1.29, 1.82) is 0 Å². The molecule has 1 spiro atoms. The average Bonchev–Trinajstić information content (AvgIpc) is 3.17. The number of aryl methyl sites for hydroxylation is 1. The Balaban J connectivity index is 1.68. The van der Waals surface area contributed by atoms with E-state index in [1.807, 2.05) is 0 Å². The maximum atomic E-state index is 15.6. The topological polar surface area (TPSA) is 139 Å². The summed E-state index contributed by atoms with van der Waals surface area (Å²) in [4.78, 5) is 31.1. The van der Waals surface area contributed by atoms with E-state index < -0.39 is 41.5 Å². The number of anilines is 1. The molecule has 2 saturated heterocycles. The highest BCUT2D eigenvalue weighted by atomic mass is 19.1. The molecular formula is C21H24FN5O6. The number of benzene rings is 1. The minimum Gasteiger partial charge on any atom is -0.382 e. The third-order valence-corrected chi connectivity index (χ3v) is 6.57. The van der Waals surface area contributed by atoms with Gasteiger partial charge >= 0.3 is 6.03 Å². The number of halogens is 1. The summed E-state index contributed by atoms with van der Waals surface area (Å²) in [6.07, 6.45) is -2.52. The number of hydrogen-bond donors (Lipinski definition) is 3. The minimum atomic E-state index is -1.52. The maximum Gasteiger partial charge on any atom is 0.323 e. The first-order valence-electron chi connectivity index (χ1n) is 10.6. The molecule has 0 aliphatic carbocycles. The summed E-state index contributed by atoms with van der Waals surface area (Å²) >= 11 is 0. The summed E-state index contributed by atoms with van der Waals surface area (Å²) in [7, 11) is 1.54. The molecule has 5 atom stereocenters. The Hall–Kier alpha value is -3.09. The number of morpholine rings is 1. The van der Waals surface area contributed by atoms with E-state index in [0.29, 0.717) is 22.7 Å². The zero-order chi connectivity index (χ0) is 23.5. The molecule has 0 unspecified atom stereocenters. The number of fused-ring (bicyclic) bond motifs is 4. The highest BCUT2D eigenvalue weighted by Crippen LogP contribution is 2.49. The Morgan fingerprint density at radius 2 is 2.18 bits per heavy atom. The molecule has 3 amide bonds. The second-order valence-electron chi connectivity index (χ2n) is 8.67. The summed E-state index contributed by atoms with van der Waals surface area (Å²) in [6, 6.07) is 1.46. The minimum absolute atomic E-state index is 0.0407. The Kier molecular flexibility index (Phi) is 5.10. The van der Waals surface area contributed by atoms with Crippen LogP contribution in [0.5, 0.6) is 0 Å². The smallest absolute Gasteiger partial charge is 0.323 e. The van der Waals surface area contributed by atoms with E-state index in [1.165, 1.54) is 6.07 Å². The lowest BCUT2D eigenvalue weighted by Crippen LogP contribution is -2.77. The highest BCUT2D eigenvalue weighted by molar-refractivity contribution is 6.02. The molecule has 2 aromatic rings. The quantitative estimate of drug-likeness (QED) is 0.596. The van der Waals surface area contributed by atoms with Crippen LogP contribution < -0.4 is 15.5 Å². The molecule has 3 N–H and O–H groups in total. The van der Waals surface area contributed by atoms with E-state index in [1.54, 1.807) is 31.9 Å². The highest BCUT2D eigenvalue weighted by Gasteiger charge is 2.62. The predicted molar refractivity (Wildman–Crippen MR) is 111 cm³/mol. The number of aliphatic hydroxyl groups is 1. The third-order valence-electron chi connectivity index (χ3n) is 6.57. The van der Waals surface area contributed by atoms with Crippen LogP contribution in [0.1, 0.15) is 18.4 Å². The van der Waals surface area contributed by atoms with E-state index in [0.717, 1.165) is 0 Å². The molecule has 33 heavy (non-hydrogen) atoms. The summed E-state index contributed by atoms with van der Waals surface area (Å²) in [5.41, 5.74) is -0.361. The average molecular weight is 461 g/mol. The molecule has 11 nitrogen and oxygen atoms in total. The standard InChI is InChI=1S/C21H24FN5O6/c1-9-16-21(18(28)24-20(30)25-19(21)29)6-12-4-11(17-23-10(2)33-26-17)5-14(22)15(12)27(16)7-13(32-9)8-31-3/h4-5,9,13,16,18,28H,6-8H2,1-3H3,(H2,24,25,29,30)/t9-,13-,16+,18+,21+/m0/s1.